The van der Waals surface area contributed by atoms with Crippen molar-refractivity contribution in [1.29, 1.82) is 0 Å². The zero-order chi connectivity index (χ0) is 14.7. The summed E-state index contributed by atoms with van der Waals surface area (Å²) in [4.78, 5) is 19.4. The van der Waals surface area contributed by atoms with Crippen molar-refractivity contribution in [1.82, 2.24) is 9.97 Å². The second kappa shape index (κ2) is 5.43. The molecular formula is C17H10N2O2. The average Bonchev–Trinajstić information content (AvgIpc) is 2.53. The van der Waals surface area contributed by atoms with Gasteiger partial charge in [0.05, 0.1) is 5.52 Å². The number of benzene rings is 1. The Kier molecular flexibility index (Phi) is 3.32. The van der Waals surface area contributed by atoms with Gasteiger partial charge < -0.3 is 5.11 Å². The Morgan fingerprint density at radius 1 is 1.05 bits per heavy atom. The van der Waals surface area contributed by atoms with Crippen LogP contribution in [0.25, 0.3) is 10.9 Å². The van der Waals surface area contributed by atoms with Gasteiger partial charge in [-0.2, -0.15) is 0 Å². The van der Waals surface area contributed by atoms with Crippen LogP contribution in [0.1, 0.15) is 21.7 Å². The maximum atomic E-state index is 11.1. The fourth-order valence-corrected chi connectivity index (χ4v) is 1.96. The molecule has 0 aliphatic carbocycles. The molecule has 1 N–H and O–H groups in total. The summed E-state index contributed by atoms with van der Waals surface area (Å²) in [6.45, 7) is 0. The third kappa shape index (κ3) is 2.72. The number of para-hydroxylation sites is 1. The molecule has 4 nitrogen and oxygen atoms in total. The molecule has 0 aliphatic rings. The van der Waals surface area contributed by atoms with E-state index in [1.54, 1.807) is 18.3 Å². The van der Waals surface area contributed by atoms with E-state index >= 15 is 0 Å². The second-order valence-electron chi connectivity index (χ2n) is 4.34. The molecule has 100 valence electrons. The summed E-state index contributed by atoms with van der Waals surface area (Å²) >= 11 is 0. The molecule has 2 heterocycles. The van der Waals surface area contributed by atoms with Crippen molar-refractivity contribution < 1.29 is 9.90 Å². The predicted molar refractivity (Wildman–Crippen MR) is 78.9 cm³/mol. The van der Waals surface area contributed by atoms with E-state index in [4.69, 9.17) is 5.11 Å². The van der Waals surface area contributed by atoms with Crippen LogP contribution in [-0.2, 0) is 0 Å². The molecule has 0 radical (unpaired) electrons. The second-order valence-corrected chi connectivity index (χ2v) is 4.34. The van der Waals surface area contributed by atoms with Gasteiger partial charge in [-0.05, 0) is 30.2 Å². The van der Waals surface area contributed by atoms with E-state index in [9.17, 15) is 4.79 Å². The van der Waals surface area contributed by atoms with Crippen molar-refractivity contribution in [3.63, 3.8) is 0 Å². The third-order valence-electron chi connectivity index (χ3n) is 2.93. The summed E-state index contributed by atoms with van der Waals surface area (Å²) in [6.07, 6.45) is 1.66. The first-order valence-electron chi connectivity index (χ1n) is 6.30. The maximum absolute atomic E-state index is 11.1. The number of hydrogen-bond donors (Lipinski definition) is 1. The zero-order valence-corrected chi connectivity index (χ0v) is 10.9. The van der Waals surface area contributed by atoms with Crippen molar-refractivity contribution >= 4 is 16.9 Å². The predicted octanol–water partition coefficient (Wildman–Crippen LogP) is 2.73. The average molecular weight is 274 g/mol. The van der Waals surface area contributed by atoms with Gasteiger partial charge in [0.1, 0.15) is 11.4 Å². The third-order valence-corrected chi connectivity index (χ3v) is 2.93. The highest BCUT2D eigenvalue weighted by Gasteiger charge is 2.09. The number of aromatic nitrogens is 2. The molecule has 0 atom stereocenters. The quantitative estimate of drug-likeness (QED) is 0.693. The van der Waals surface area contributed by atoms with Crippen LogP contribution in [0.3, 0.4) is 0 Å². The molecule has 0 saturated carbocycles. The summed E-state index contributed by atoms with van der Waals surface area (Å²) in [5.74, 6) is 4.85. The van der Waals surface area contributed by atoms with Crippen LogP contribution >= 0.6 is 0 Å². The molecule has 3 rings (SSSR count). The first kappa shape index (κ1) is 12.8. The van der Waals surface area contributed by atoms with Gasteiger partial charge in [-0.15, -0.1) is 0 Å². The van der Waals surface area contributed by atoms with E-state index in [0.29, 0.717) is 16.8 Å². The van der Waals surface area contributed by atoms with Crippen LogP contribution in [0.2, 0.25) is 0 Å². The van der Waals surface area contributed by atoms with Gasteiger partial charge in [-0.1, -0.05) is 30.2 Å². The molecule has 0 unspecified atom stereocenters. The maximum Gasteiger partial charge on any atom is 0.354 e. The molecule has 0 bridgehead atoms. The first-order chi connectivity index (χ1) is 10.2. The van der Waals surface area contributed by atoms with Crippen molar-refractivity contribution in [2.45, 2.75) is 0 Å². The van der Waals surface area contributed by atoms with Gasteiger partial charge in [0.15, 0.2) is 0 Å². The molecule has 1 aromatic carbocycles. The van der Waals surface area contributed by atoms with E-state index in [-0.39, 0.29) is 5.69 Å². The minimum Gasteiger partial charge on any atom is -0.477 e. The van der Waals surface area contributed by atoms with E-state index < -0.39 is 5.97 Å². The Bertz CT molecular complexity index is 877. The summed E-state index contributed by atoms with van der Waals surface area (Å²) in [7, 11) is 0. The van der Waals surface area contributed by atoms with Crippen LogP contribution in [-0.4, -0.2) is 21.0 Å². The minimum absolute atomic E-state index is 0.0148. The minimum atomic E-state index is -1.07. The lowest BCUT2D eigenvalue weighted by Crippen LogP contribution is -2.01. The Labute approximate surface area is 121 Å². The largest absolute Gasteiger partial charge is 0.477 e. The topological polar surface area (TPSA) is 63.1 Å². The van der Waals surface area contributed by atoms with Crippen LogP contribution in [0.4, 0.5) is 0 Å². The number of carboxylic acid groups (broad SMARTS) is 1. The number of fused-ring (bicyclic) bond motifs is 1. The number of carboxylic acids is 1. The van der Waals surface area contributed by atoms with E-state index in [1.165, 1.54) is 6.07 Å². The molecule has 0 saturated heterocycles. The molecule has 0 spiro atoms. The van der Waals surface area contributed by atoms with Gasteiger partial charge in [-0.3, -0.25) is 0 Å². The molecule has 4 heteroatoms. The van der Waals surface area contributed by atoms with Gasteiger partial charge in [0, 0.05) is 17.1 Å². The lowest BCUT2D eigenvalue weighted by molar-refractivity contribution is 0.0691. The number of rotatable bonds is 1. The number of carbonyl (C=O) groups is 1. The van der Waals surface area contributed by atoms with Crippen LogP contribution in [0.5, 0.6) is 0 Å². The lowest BCUT2D eigenvalue weighted by Gasteiger charge is -2.02. The van der Waals surface area contributed by atoms with Crippen LogP contribution in [0, 0.1) is 11.8 Å². The monoisotopic (exact) mass is 274 g/mol. The summed E-state index contributed by atoms with van der Waals surface area (Å²) in [5.41, 5.74) is 1.86. The van der Waals surface area contributed by atoms with Crippen LogP contribution < -0.4 is 0 Å². The number of aromatic carboxylic acids is 1. The first-order valence-corrected chi connectivity index (χ1v) is 6.30. The molecule has 2 aromatic heterocycles. The molecule has 0 fully saturated rings. The number of hydrogen-bond acceptors (Lipinski definition) is 3. The van der Waals surface area contributed by atoms with E-state index in [2.05, 4.69) is 21.8 Å². The highest BCUT2D eigenvalue weighted by atomic mass is 16.4. The molecule has 21 heavy (non-hydrogen) atoms. The highest BCUT2D eigenvalue weighted by Crippen LogP contribution is 2.17. The Morgan fingerprint density at radius 2 is 1.86 bits per heavy atom. The summed E-state index contributed by atoms with van der Waals surface area (Å²) < 4.78 is 0. The van der Waals surface area contributed by atoms with Crippen molar-refractivity contribution in [2.24, 2.45) is 0 Å². The van der Waals surface area contributed by atoms with Gasteiger partial charge in [-0.25, -0.2) is 14.8 Å². The summed E-state index contributed by atoms with van der Waals surface area (Å²) in [5, 5.41) is 9.96. The molecule has 0 amide bonds. The Hall–Kier alpha value is -3.19. The molecule has 3 aromatic rings. The molecular weight excluding hydrogens is 264 g/mol. The Balaban J connectivity index is 2.17. The normalized spacial score (nSPS) is 9.90. The zero-order valence-electron chi connectivity index (χ0n) is 10.9. The van der Waals surface area contributed by atoms with Crippen molar-refractivity contribution in [3.05, 3.63) is 71.7 Å². The smallest absolute Gasteiger partial charge is 0.354 e. The van der Waals surface area contributed by atoms with E-state index in [1.807, 2.05) is 30.3 Å². The fourth-order valence-electron chi connectivity index (χ4n) is 1.96. The summed E-state index contributed by atoms with van der Waals surface area (Å²) in [6, 6.07) is 14.3. The van der Waals surface area contributed by atoms with Gasteiger partial charge >= 0.3 is 5.97 Å². The number of nitrogens with zero attached hydrogens (tertiary/aromatic N) is 2. The van der Waals surface area contributed by atoms with Gasteiger partial charge in [0.2, 0.25) is 0 Å². The van der Waals surface area contributed by atoms with Crippen LogP contribution in [0.15, 0.2) is 54.7 Å². The van der Waals surface area contributed by atoms with E-state index in [0.717, 1.165) is 5.39 Å². The fraction of sp³-hybridized carbons (Fsp3) is 0. The van der Waals surface area contributed by atoms with Crippen molar-refractivity contribution in [2.75, 3.05) is 0 Å². The highest BCUT2D eigenvalue weighted by molar-refractivity contribution is 5.93. The standard InChI is InChI=1S/C17H10N2O2/c20-17(21)16-11-12(8-9-13-5-3-4-10-18-13)14-6-1-2-7-15(14)19-16/h1-7,10-11H,(H,20,21). The number of pyridine rings is 2. The van der Waals surface area contributed by atoms with Gasteiger partial charge in [0.25, 0.3) is 0 Å². The Morgan fingerprint density at radius 3 is 2.62 bits per heavy atom. The van der Waals surface area contributed by atoms with Crippen molar-refractivity contribution in [3.8, 4) is 11.8 Å². The lowest BCUT2D eigenvalue weighted by atomic mass is 10.1. The molecule has 0 aliphatic heterocycles. The SMILES string of the molecule is O=C(O)c1cc(C#Cc2ccccn2)c2ccccc2n1.